The second-order valence-electron chi connectivity index (χ2n) is 4.16. The van der Waals surface area contributed by atoms with Gasteiger partial charge in [-0.1, -0.05) is 11.6 Å². The molecule has 0 saturated carbocycles. The molecule has 1 aliphatic heterocycles. The molecule has 1 N–H and O–H groups in total. The molecule has 0 aromatic carbocycles. The van der Waals surface area contributed by atoms with Gasteiger partial charge in [0.05, 0.1) is 11.8 Å². The van der Waals surface area contributed by atoms with Crippen LogP contribution in [0.15, 0.2) is 0 Å². The fraction of sp³-hybridized carbons (Fsp3) is 0.700. The molecule has 4 nitrogen and oxygen atoms in total. The van der Waals surface area contributed by atoms with Crippen molar-refractivity contribution in [3.63, 3.8) is 0 Å². The number of hydrogen-bond donors (Lipinski definition) is 1. The fourth-order valence-corrected chi connectivity index (χ4v) is 2.27. The number of aryl methyl sites for hydroxylation is 2. The molecule has 2 heterocycles. The molecule has 1 atom stereocenters. The van der Waals surface area contributed by atoms with Crippen LogP contribution in [0.3, 0.4) is 0 Å². The maximum atomic E-state index is 9.43. The Hall–Kier alpha value is -0.580. The monoisotopic (exact) mass is 229 g/mol. The molecule has 0 bridgehead atoms. The smallest absolute Gasteiger partial charge is 0.131 e. The fourth-order valence-electron chi connectivity index (χ4n) is 2.03. The maximum Gasteiger partial charge on any atom is 0.131 e. The number of likely N-dealkylation sites (tertiary alicyclic amines) is 1. The molecule has 84 valence electrons. The summed E-state index contributed by atoms with van der Waals surface area (Å²) in [6, 6.07) is 0. The van der Waals surface area contributed by atoms with Crippen molar-refractivity contribution < 1.29 is 5.11 Å². The van der Waals surface area contributed by atoms with E-state index in [4.69, 9.17) is 11.6 Å². The Morgan fingerprint density at radius 1 is 1.60 bits per heavy atom. The zero-order valence-electron chi connectivity index (χ0n) is 9.07. The minimum Gasteiger partial charge on any atom is -0.392 e. The summed E-state index contributed by atoms with van der Waals surface area (Å²) in [6.45, 7) is 4.43. The van der Waals surface area contributed by atoms with Gasteiger partial charge in [-0.05, 0) is 13.3 Å². The number of aromatic nitrogens is 2. The third kappa shape index (κ3) is 2.17. The van der Waals surface area contributed by atoms with E-state index in [9.17, 15) is 5.11 Å². The summed E-state index contributed by atoms with van der Waals surface area (Å²) in [5.74, 6) is 0. The van der Waals surface area contributed by atoms with Gasteiger partial charge in [-0.15, -0.1) is 0 Å². The van der Waals surface area contributed by atoms with Crippen LogP contribution in [0, 0.1) is 6.92 Å². The van der Waals surface area contributed by atoms with Crippen molar-refractivity contribution in [3.05, 3.63) is 16.4 Å². The SMILES string of the molecule is Cc1nn(C)c(Cl)c1CN1CCC(O)C1. The Morgan fingerprint density at radius 3 is 2.80 bits per heavy atom. The minimum absolute atomic E-state index is 0.180. The second kappa shape index (κ2) is 4.12. The van der Waals surface area contributed by atoms with Crippen molar-refractivity contribution >= 4 is 11.6 Å². The molecule has 0 spiro atoms. The number of β-amino-alcohol motifs (C(OH)–C–C–N with tert-alkyl or cyclic N) is 1. The summed E-state index contributed by atoms with van der Waals surface area (Å²) in [4.78, 5) is 2.21. The Labute approximate surface area is 94.4 Å². The van der Waals surface area contributed by atoms with Gasteiger partial charge in [-0.25, -0.2) is 0 Å². The molecule has 1 aromatic rings. The first kappa shape index (κ1) is 10.9. The highest BCUT2D eigenvalue weighted by Gasteiger charge is 2.22. The largest absolute Gasteiger partial charge is 0.392 e. The zero-order chi connectivity index (χ0) is 11.0. The van der Waals surface area contributed by atoms with Crippen LogP contribution in [0.5, 0.6) is 0 Å². The lowest BCUT2D eigenvalue weighted by molar-refractivity contribution is 0.174. The van der Waals surface area contributed by atoms with Gasteiger partial charge in [0.2, 0.25) is 0 Å². The predicted molar refractivity (Wildman–Crippen MR) is 58.9 cm³/mol. The summed E-state index contributed by atoms with van der Waals surface area (Å²) < 4.78 is 1.69. The number of aliphatic hydroxyl groups is 1. The number of hydrogen-bond acceptors (Lipinski definition) is 3. The van der Waals surface area contributed by atoms with Crippen LogP contribution in [0.4, 0.5) is 0 Å². The molecular formula is C10H16ClN3O. The number of halogens is 1. The Balaban J connectivity index is 2.10. The Kier molecular flexibility index (Phi) is 3.00. The molecule has 15 heavy (non-hydrogen) atoms. The first-order valence-corrected chi connectivity index (χ1v) is 5.54. The molecule has 0 aliphatic carbocycles. The van der Waals surface area contributed by atoms with Gasteiger partial charge in [0.15, 0.2) is 0 Å². The summed E-state index contributed by atoms with van der Waals surface area (Å²) in [5, 5.41) is 14.4. The molecule has 5 heteroatoms. The van der Waals surface area contributed by atoms with Crippen molar-refractivity contribution in [3.8, 4) is 0 Å². The lowest BCUT2D eigenvalue weighted by Crippen LogP contribution is -2.21. The molecule has 1 unspecified atom stereocenters. The first-order chi connectivity index (χ1) is 7.08. The average molecular weight is 230 g/mol. The highest BCUT2D eigenvalue weighted by molar-refractivity contribution is 6.30. The third-order valence-corrected chi connectivity index (χ3v) is 3.37. The molecule has 1 saturated heterocycles. The van der Waals surface area contributed by atoms with Crippen LogP contribution < -0.4 is 0 Å². The maximum absolute atomic E-state index is 9.43. The van der Waals surface area contributed by atoms with Crippen molar-refractivity contribution in [2.75, 3.05) is 13.1 Å². The summed E-state index contributed by atoms with van der Waals surface area (Å²) in [6.07, 6.45) is 0.678. The van der Waals surface area contributed by atoms with Crippen LogP contribution in [0.2, 0.25) is 5.15 Å². The predicted octanol–water partition coefficient (Wildman–Crippen LogP) is 0.949. The van der Waals surface area contributed by atoms with Crippen molar-refractivity contribution in [1.82, 2.24) is 14.7 Å². The van der Waals surface area contributed by atoms with E-state index in [1.807, 2.05) is 14.0 Å². The summed E-state index contributed by atoms with van der Waals surface area (Å²) >= 11 is 6.14. The molecular weight excluding hydrogens is 214 g/mol. The van der Waals surface area contributed by atoms with Crippen LogP contribution in [-0.4, -0.2) is 39.0 Å². The van der Waals surface area contributed by atoms with Crippen LogP contribution in [-0.2, 0) is 13.6 Å². The van der Waals surface area contributed by atoms with E-state index in [1.165, 1.54) is 0 Å². The topological polar surface area (TPSA) is 41.3 Å². The number of rotatable bonds is 2. The lowest BCUT2D eigenvalue weighted by atomic mass is 10.2. The van der Waals surface area contributed by atoms with Gasteiger partial charge in [0, 0.05) is 32.2 Å². The Bertz CT molecular complexity index is 364. The normalized spacial score (nSPS) is 22.5. The molecule has 0 amide bonds. The summed E-state index contributed by atoms with van der Waals surface area (Å²) in [7, 11) is 1.84. The third-order valence-electron chi connectivity index (χ3n) is 2.90. The van der Waals surface area contributed by atoms with Gasteiger partial charge in [-0.3, -0.25) is 9.58 Å². The lowest BCUT2D eigenvalue weighted by Gasteiger charge is -2.14. The van der Waals surface area contributed by atoms with Crippen molar-refractivity contribution in [1.29, 1.82) is 0 Å². The quantitative estimate of drug-likeness (QED) is 0.821. The van der Waals surface area contributed by atoms with E-state index in [-0.39, 0.29) is 6.10 Å². The highest BCUT2D eigenvalue weighted by Crippen LogP contribution is 2.22. The summed E-state index contributed by atoms with van der Waals surface area (Å²) in [5.41, 5.74) is 2.05. The molecule has 1 aromatic heterocycles. The minimum atomic E-state index is -0.180. The second-order valence-corrected chi connectivity index (χ2v) is 4.51. The molecule has 0 radical (unpaired) electrons. The van der Waals surface area contributed by atoms with Crippen molar-refractivity contribution in [2.45, 2.75) is 26.0 Å². The molecule has 2 rings (SSSR count). The van der Waals surface area contributed by atoms with Gasteiger partial charge < -0.3 is 5.11 Å². The van der Waals surface area contributed by atoms with Gasteiger partial charge in [0.1, 0.15) is 5.15 Å². The number of aliphatic hydroxyl groups excluding tert-OH is 1. The number of nitrogens with zero attached hydrogens (tertiary/aromatic N) is 3. The van der Waals surface area contributed by atoms with E-state index in [2.05, 4.69) is 10.00 Å². The highest BCUT2D eigenvalue weighted by atomic mass is 35.5. The van der Waals surface area contributed by atoms with E-state index in [0.717, 1.165) is 37.3 Å². The molecule has 1 fully saturated rings. The first-order valence-electron chi connectivity index (χ1n) is 5.16. The van der Waals surface area contributed by atoms with Crippen LogP contribution in [0.1, 0.15) is 17.7 Å². The zero-order valence-corrected chi connectivity index (χ0v) is 9.83. The van der Waals surface area contributed by atoms with E-state index in [1.54, 1.807) is 4.68 Å². The van der Waals surface area contributed by atoms with E-state index < -0.39 is 0 Å². The van der Waals surface area contributed by atoms with Gasteiger partial charge in [-0.2, -0.15) is 5.10 Å². The van der Waals surface area contributed by atoms with Crippen LogP contribution >= 0.6 is 11.6 Å². The average Bonchev–Trinajstić information content (AvgIpc) is 2.67. The van der Waals surface area contributed by atoms with E-state index >= 15 is 0 Å². The van der Waals surface area contributed by atoms with Crippen LogP contribution in [0.25, 0.3) is 0 Å². The van der Waals surface area contributed by atoms with E-state index in [0.29, 0.717) is 5.15 Å². The van der Waals surface area contributed by atoms with Crippen molar-refractivity contribution in [2.24, 2.45) is 7.05 Å². The molecule has 1 aliphatic rings. The van der Waals surface area contributed by atoms with Gasteiger partial charge in [0.25, 0.3) is 0 Å². The van der Waals surface area contributed by atoms with Gasteiger partial charge >= 0.3 is 0 Å². The Morgan fingerprint density at radius 2 is 2.33 bits per heavy atom. The standard InChI is InChI=1S/C10H16ClN3O/c1-7-9(10(11)13(2)12-7)6-14-4-3-8(15)5-14/h8,15H,3-6H2,1-2H3.